The van der Waals surface area contributed by atoms with Gasteiger partial charge in [-0.3, -0.25) is 9.59 Å². The minimum atomic E-state index is -0.617. The maximum atomic E-state index is 13.0. The maximum Gasteiger partial charge on any atom is 0.355 e. The van der Waals surface area contributed by atoms with Crippen LogP contribution in [0.15, 0.2) is 92.9 Å². The van der Waals surface area contributed by atoms with Crippen molar-refractivity contribution in [3.63, 3.8) is 0 Å². The quantitative estimate of drug-likeness (QED) is 0.0745. The first-order chi connectivity index (χ1) is 20.6. The van der Waals surface area contributed by atoms with Crippen molar-refractivity contribution in [1.29, 1.82) is 0 Å². The topological polar surface area (TPSA) is 96.9 Å². The lowest BCUT2D eigenvalue weighted by atomic mass is 10.1. The first-order valence-electron chi connectivity index (χ1n) is 12.2. The highest BCUT2D eigenvalue weighted by Crippen LogP contribution is 2.37. The van der Waals surface area contributed by atoms with Crippen molar-refractivity contribution < 1.29 is 19.1 Å². The Labute approximate surface area is 281 Å². The van der Waals surface area contributed by atoms with Crippen molar-refractivity contribution >= 4 is 118 Å². The smallest absolute Gasteiger partial charge is 0.355 e. The Kier molecular flexibility index (Phi) is 9.85. The molecule has 0 radical (unpaired) electrons. The first kappa shape index (κ1) is 31.2. The second-order valence-corrected chi connectivity index (χ2v) is 12.9. The molecule has 2 N–H and O–H groups in total. The zero-order chi connectivity index (χ0) is 30.7. The maximum absolute atomic E-state index is 13.0. The Morgan fingerprint density at radius 1 is 0.837 bits per heavy atom. The molecule has 0 bridgehead atoms. The van der Waals surface area contributed by atoms with E-state index in [1.54, 1.807) is 36.4 Å². The molecule has 0 aliphatic rings. The Hall–Kier alpha value is -3.25. The van der Waals surface area contributed by atoms with Gasteiger partial charge in [0.25, 0.3) is 11.8 Å². The van der Waals surface area contributed by atoms with Gasteiger partial charge in [0.15, 0.2) is 0 Å². The minimum absolute atomic E-state index is 0.222. The van der Waals surface area contributed by atoms with Gasteiger partial charge in [-0.1, -0.05) is 72.7 Å². The summed E-state index contributed by atoms with van der Waals surface area (Å²) in [6, 6.07) is 21.3. The lowest BCUT2D eigenvalue weighted by Crippen LogP contribution is -2.18. The van der Waals surface area contributed by atoms with E-state index in [9.17, 15) is 14.4 Å². The normalized spacial score (nSPS) is 11.1. The van der Waals surface area contributed by atoms with Gasteiger partial charge in [0, 0.05) is 40.9 Å². The van der Waals surface area contributed by atoms with E-state index < -0.39 is 17.8 Å². The molecule has 1 heterocycles. The molecule has 0 aliphatic carbocycles. The number of rotatable bonds is 7. The number of esters is 1. The van der Waals surface area contributed by atoms with Crippen LogP contribution in [0.5, 0.6) is 5.75 Å². The van der Waals surface area contributed by atoms with E-state index in [2.05, 4.69) is 47.7 Å². The average Bonchev–Trinajstić information content (AvgIpc) is 3.29. The zero-order valence-corrected chi connectivity index (χ0v) is 27.7. The number of amides is 2. The van der Waals surface area contributed by atoms with Crippen LogP contribution in [0, 0.1) is 0 Å². The monoisotopic (exact) mass is 777 g/mol. The van der Waals surface area contributed by atoms with Crippen molar-refractivity contribution in [2.24, 2.45) is 5.10 Å². The van der Waals surface area contributed by atoms with E-state index in [1.165, 1.54) is 41.8 Å². The summed E-state index contributed by atoms with van der Waals surface area (Å²) in [7, 11) is 0. The van der Waals surface area contributed by atoms with Crippen molar-refractivity contribution in [3.05, 3.63) is 124 Å². The zero-order valence-electron chi connectivity index (χ0n) is 21.5. The van der Waals surface area contributed by atoms with E-state index in [0.717, 1.165) is 14.6 Å². The number of carbonyl (C=O) groups is 3. The largest absolute Gasteiger partial charge is 0.422 e. The fourth-order valence-electron chi connectivity index (χ4n) is 3.83. The number of anilines is 1. The number of hydrogen-bond donors (Lipinski definition) is 2. The molecule has 1 aromatic heterocycles. The second kappa shape index (κ2) is 13.6. The van der Waals surface area contributed by atoms with Crippen LogP contribution in [-0.2, 0) is 0 Å². The Bertz CT molecular complexity index is 1930. The number of hydrazone groups is 1. The molecule has 7 nitrogen and oxygen atoms in total. The summed E-state index contributed by atoms with van der Waals surface area (Å²) >= 11 is 26.5. The van der Waals surface area contributed by atoms with E-state index in [1.807, 2.05) is 18.2 Å². The molecule has 4 aromatic carbocycles. The summed E-state index contributed by atoms with van der Waals surface area (Å²) in [5, 5.41) is 8.46. The predicted octanol–water partition coefficient (Wildman–Crippen LogP) is 9.62. The molecular weight excluding hydrogens is 765 g/mol. The van der Waals surface area contributed by atoms with Crippen LogP contribution < -0.4 is 15.5 Å². The second-order valence-electron chi connectivity index (χ2n) is 8.81. The molecule has 0 spiro atoms. The van der Waals surface area contributed by atoms with Crippen molar-refractivity contribution in [2.45, 2.75) is 0 Å². The molecule has 0 unspecified atom stereocenters. The summed E-state index contributed by atoms with van der Waals surface area (Å²) in [5.41, 5.74) is 3.90. The van der Waals surface area contributed by atoms with Gasteiger partial charge >= 0.3 is 5.97 Å². The summed E-state index contributed by atoms with van der Waals surface area (Å²) in [6.07, 6.45) is 1.36. The van der Waals surface area contributed by atoms with Gasteiger partial charge in [-0.25, -0.2) is 10.2 Å². The molecule has 0 saturated carbocycles. The molecule has 5 aromatic rings. The van der Waals surface area contributed by atoms with E-state index >= 15 is 0 Å². The Balaban J connectivity index is 1.24. The number of thiophene rings is 1. The molecule has 0 saturated heterocycles. The third kappa shape index (κ3) is 7.46. The average molecular weight is 781 g/mol. The molecule has 5 rings (SSSR count). The predicted molar refractivity (Wildman–Crippen MR) is 180 cm³/mol. The number of benzene rings is 4. The molecular formula is C30H16Br2Cl3N3O4S. The molecule has 13 heteroatoms. The number of ether oxygens (including phenoxy) is 1. The minimum Gasteiger partial charge on any atom is -0.422 e. The van der Waals surface area contributed by atoms with Gasteiger partial charge in [0.05, 0.1) is 21.8 Å². The summed E-state index contributed by atoms with van der Waals surface area (Å²) in [4.78, 5) is 38.5. The number of carbonyl (C=O) groups excluding carboxylic acids is 3. The van der Waals surface area contributed by atoms with Gasteiger partial charge < -0.3 is 10.1 Å². The van der Waals surface area contributed by atoms with E-state index in [-0.39, 0.29) is 21.2 Å². The highest BCUT2D eigenvalue weighted by Gasteiger charge is 2.20. The molecule has 43 heavy (non-hydrogen) atoms. The van der Waals surface area contributed by atoms with Gasteiger partial charge in [-0.2, -0.15) is 5.10 Å². The lowest BCUT2D eigenvalue weighted by molar-refractivity contribution is 0.0739. The van der Waals surface area contributed by atoms with Crippen LogP contribution in [0.1, 0.15) is 36.0 Å². The standard InChI is InChI=1S/C30H16Br2Cl3N3O4S/c31-17-4-10-24(42-30(41)27-26(35)22-8-3-18(32)12-25(22)43-27)16(11-17)14-36-38-28(39)15-1-6-20(7-2-15)37-29(40)21-9-5-19(33)13-23(21)34/h1-14H,(H,37,40)(H,38,39)/b36-14-. The molecule has 0 atom stereocenters. The van der Waals surface area contributed by atoms with Gasteiger partial charge in [-0.05, 0) is 72.8 Å². The SMILES string of the molecule is O=C(N/N=C\c1cc(Br)ccc1OC(=O)c1sc2cc(Br)ccc2c1Cl)c1ccc(NC(=O)c2ccc(Cl)cc2Cl)cc1. The third-order valence-electron chi connectivity index (χ3n) is 5.90. The van der Waals surface area contributed by atoms with Crippen LogP contribution in [0.4, 0.5) is 5.69 Å². The number of nitrogens with one attached hydrogen (secondary N) is 2. The molecule has 0 aliphatic heterocycles. The van der Waals surface area contributed by atoms with Crippen LogP contribution in [-0.4, -0.2) is 24.0 Å². The molecule has 216 valence electrons. The highest BCUT2D eigenvalue weighted by atomic mass is 79.9. The molecule has 2 amide bonds. The third-order valence-corrected chi connectivity index (χ3v) is 9.07. The van der Waals surface area contributed by atoms with Crippen molar-refractivity contribution in [2.75, 3.05) is 5.32 Å². The summed E-state index contributed by atoms with van der Waals surface area (Å²) in [6.45, 7) is 0. The van der Waals surface area contributed by atoms with Crippen molar-refractivity contribution in [1.82, 2.24) is 5.43 Å². The van der Waals surface area contributed by atoms with Gasteiger partial charge in [0.1, 0.15) is 10.6 Å². The van der Waals surface area contributed by atoms with Crippen LogP contribution in [0.25, 0.3) is 10.1 Å². The number of nitrogens with zero attached hydrogens (tertiary/aromatic N) is 1. The fraction of sp³-hybridized carbons (Fsp3) is 0. The molecule has 0 fully saturated rings. The van der Waals surface area contributed by atoms with E-state index in [0.29, 0.717) is 31.3 Å². The Morgan fingerprint density at radius 2 is 1.56 bits per heavy atom. The van der Waals surface area contributed by atoms with Crippen molar-refractivity contribution in [3.8, 4) is 5.75 Å². The summed E-state index contributed by atoms with van der Waals surface area (Å²) in [5.74, 6) is -1.31. The van der Waals surface area contributed by atoms with Crippen LogP contribution in [0.3, 0.4) is 0 Å². The fourth-order valence-corrected chi connectivity index (χ4v) is 6.64. The lowest BCUT2D eigenvalue weighted by Gasteiger charge is -2.08. The number of hydrogen-bond acceptors (Lipinski definition) is 6. The number of halogens is 5. The van der Waals surface area contributed by atoms with Crippen LogP contribution >= 0.6 is 78.0 Å². The van der Waals surface area contributed by atoms with Gasteiger partial charge in [0.2, 0.25) is 0 Å². The van der Waals surface area contributed by atoms with Gasteiger partial charge in [-0.15, -0.1) is 11.3 Å². The van der Waals surface area contributed by atoms with E-state index in [4.69, 9.17) is 39.5 Å². The number of fused-ring (bicyclic) bond motifs is 1. The van der Waals surface area contributed by atoms with Crippen LogP contribution in [0.2, 0.25) is 15.1 Å². The Morgan fingerprint density at radius 3 is 2.30 bits per heavy atom. The summed E-state index contributed by atoms with van der Waals surface area (Å²) < 4.78 is 8.08. The highest BCUT2D eigenvalue weighted by molar-refractivity contribution is 9.10. The first-order valence-corrected chi connectivity index (χ1v) is 15.7.